The largest absolute Gasteiger partial charge is 0.473 e. The standard InChI is InChI=1S/C23H33N5O5S/c1-21(2)14-32-9-8-28(21)20(30)33-23(4)7-6-22(3,13-23)16-11-17(27-26-16)25-18(29)10-15-12-24-19(31-5)34-15/h11-12H,6-10,13-14H2,1-5H3,(H2,25,26,27,29)/t22-,23+/m0/s1. The molecule has 2 aromatic heterocycles. The second-order valence-electron chi connectivity index (χ2n) is 10.3. The quantitative estimate of drug-likeness (QED) is 0.635. The van der Waals surface area contributed by atoms with Gasteiger partial charge < -0.3 is 19.5 Å². The summed E-state index contributed by atoms with van der Waals surface area (Å²) in [7, 11) is 1.55. The van der Waals surface area contributed by atoms with E-state index in [0.29, 0.717) is 37.2 Å². The second kappa shape index (κ2) is 9.18. The van der Waals surface area contributed by atoms with Crippen LogP contribution in [0.2, 0.25) is 0 Å². The fourth-order valence-corrected chi connectivity index (χ4v) is 5.55. The summed E-state index contributed by atoms with van der Waals surface area (Å²) < 4.78 is 16.6. The Bertz CT molecular complexity index is 1050. The molecule has 10 nitrogen and oxygen atoms in total. The Hall–Kier alpha value is -2.66. The first-order chi connectivity index (χ1) is 16.0. The number of nitrogens with zero attached hydrogens (tertiary/aromatic N) is 3. The number of thiazole rings is 1. The summed E-state index contributed by atoms with van der Waals surface area (Å²) in [6.07, 6.45) is 3.78. The van der Waals surface area contributed by atoms with Gasteiger partial charge in [0.2, 0.25) is 5.91 Å². The molecule has 0 radical (unpaired) electrons. The SMILES string of the molecule is COc1ncc(CC(=O)Nc2cc([C@@]3(C)CC[C@@](C)(OC(=O)N4CCOCC4(C)C)C3)[nH]n2)s1. The van der Waals surface area contributed by atoms with E-state index in [1.54, 1.807) is 18.2 Å². The highest BCUT2D eigenvalue weighted by molar-refractivity contribution is 7.13. The number of H-pyrrole nitrogens is 1. The summed E-state index contributed by atoms with van der Waals surface area (Å²) in [5.41, 5.74) is -0.320. The number of aromatic amines is 1. The zero-order valence-corrected chi connectivity index (χ0v) is 21.2. The second-order valence-corrected chi connectivity index (χ2v) is 11.3. The molecule has 0 aromatic carbocycles. The van der Waals surface area contributed by atoms with Gasteiger partial charge in [0.05, 0.1) is 32.3 Å². The molecule has 11 heteroatoms. The van der Waals surface area contributed by atoms with Gasteiger partial charge in [0.15, 0.2) is 5.82 Å². The maximum absolute atomic E-state index is 13.0. The van der Waals surface area contributed by atoms with Gasteiger partial charge in [-0.15, -0.1) is 0 Å². The van der Waals surface area contributed by atoms with Crippen LogP contribution in [0.4, 0.5) is 10.6 Å². The highest BCUT2D eigenvalue weighted by Crippen LogP contribution is 2.47. The van der Waals surface area contributed by atoms with E-state index in [1.165, 1.54) is 11.3 Å². The van der Waals surface area contributed by atoms with E-state index in [9.17, 15) is 9.59 Å². The van der Waals surface area contributed by atoms with Gasteiger partial charge in [0.1, 0.15) is 5.60 Å². The number of nitrogens with one attached hydrogen (secondary N) is 2. The summed E-state index contributed by atoms with van der Waals surface area (Å²) in [6.45, 7) is 9.64. The monoisotopic (exact) mass is 491 g/mol. The molecule has 0 unspecified atom stereocenters. The number of hydrogen-bond donors (Lipinski definition) is 2. The molecule has 1 saturated carbocycles. The molecule has 1 saturated heterocycles. The Morgan fingerprint density at radius 2 is 2.09 bits per heavy atom. The van der Waals surface area contributed by atoms with E-state index in [2.05, 4.69) is 27.4 Å². The lowest BCUT2D eigenvalue weighted by molar-refractivity contribution is -0.115. The number of hydrogen-bond acceptors (Lipinski definition) is 8. The lowest BCUT2D eigenvalue weighted by Gasteiger charge is -2.42. The number of aromatic nitrogens is 3. The first-order valence-corrected chi connectivity index (χ1v) is 12.3. The van der Waals surface area contributed by atoms with Gasteiger partial charge in [-0.25, -0.2) is 9.78 Å². The van der Waals surface area contributed by atoms with Gasteiger partial charge in [0, 0.05) is 34.8 Å². The van der Waals surface area contributed by atoms with Crippen LogP contribution in [-0.4, -0.2) is 70.1 Å². The minimum absolute atomic E-state index is 0.173. The lowest BCUT2D eigenvalue weighted by atomic mass is 9.83. The van der Waals surface area contributed by atoms with Crippen LogP contribution in [0.25, 0.3) is 0 Å². The fraction of sp³-hybridized carbons (Fsp3) is 0.652. The zero-order valence-electron chi connectivity index (χ0n) is 20.4. The molecule has 2 amide bonds. The average Bonchev–Trinajstić information content (AvgIpc) is 3.47. The van der Waals surface area contributed by atoms with E-state index in [0.717, 1.165) is 23.4 Å². The molecule has 0 bridgehead atoms. The Labute approximate surface area is 203 Å². The Morgan fingerprint density at radius 3 is 2.79 bits per heavy atom. The maximum atomic E-state index is 13.0. The van der Waals surface area contributed by atoms with Crippen molar-refractivity contribution < 1.29 is 23.8 Å². The number of amides is 2. The molecule has 1 aliphatic carbocycles. The summed E-state index contributed by atoms with van der Waals surface area (Å²) in [4.78, 5) is 32.1. The van der Waals surface area contributed by atoms with Crippen LogP contribution in [0.15, 0.2) is 12.3 Å². The van der Waals surface area contributed by atoms with E-state index in [4.69, 9.17) is 14.2 Å². The van der Waals surface area contributed by atoms with Crippen molar-refractivity contribution in [3.8, 4) is 5.19 Å². The van der Waals surface area contributed by atoms with Crippen molar-refractivity contribution in [3.63, 3.8) is 0 Å². The molecule has 2 aliphatic rings. The number of rotatable bonds is 6. The van der Waals surface area contributed by atoms with Crippen LogP contribution in [0, 0.1) is 0 Å². The lowest BCUT2D eigenvalue weighted by Crippen LogP contribution is -2.56. The Kier molecular flexibility index (Phi) is 6.61. The molecule has 2 fully saturated rings. The highest BCUT2D eigenvalue weighted by atomic mass is 32.1. The van der Waals surface area contributed by atoms with Crippen molar-refractivity contribution in [1.29, 1.82) is 0 Å². The number of carbonyl (C=O) groups is 2. The highest BCUT2D eigenvalue weighted by Gasteiger charge is 2.48. The third kappa shape index (κ3) is 5.20. The van der Waals surface area contributed by atoms with Gasteiger partial charge >= 0.3 is 6.09 Å². The predicted octanol–water partition coefficient (Wildman–Crippen LogP) is 3.50. The predicted molar refractivity (Wildman–Crippen MR) is 127 cm³/mol. The smallest absolute Gasteiger partial charge is 0.410 e. The van der Waals surface area contributed by atoms with Crippen LogP contribution in [0.5, 0.6) is 5.19 Å². The molecule has 0 spiro atoms. The van der Waals surface area contributed by atoms with E-state index >= 15 is 0 Å². The van der Waals surface area contributed by atoms with Gasteiger partial charge in [0.25, 0.3) is 5.19 Å². The van der Waals surface area contributed by atoms with Crippen LogP contribution in [0.1, 0.15) is 57.5 Å². The van der Waals surface area contributed by atoms with E-state index < -0.39 is 11.1 Å². The van der Waals surface area contributed by atoms with Crippen LogP contribution < -0.4 is 10.1 Å². The third-order valence-corrected chi connectivity index (χ3v) is 7.67. The van der Waals surface area contributed by atoms with Crippen molar-refractivity contribution in [2.75, 3.05) is 32.2 Å². The molecule has 34 heavy (non-hydrogen) atoms. The first-order valence-electron chi connectivity index (χ1n) is 11.4. The van der Waals surface area contributed by atoms with Crippen molar-refractivity contribution >= 4 is 29.2 Å². The molecule has 2 aromatic rings. The topological polar surface area (TPSA) is 119 Å². The Balaban J connectivity index is 1.36. The first kappa shape index (κ1) is 24.5. The fourth-order valence-electron chi connectivity index (χ4n) is 4.83. The summed E-state index contributed by atoms with van der Waals surface area (Å²) in [5, 5.41) is 10.7. The van der Waals surface area contributed by atoms with Crippen LogP contribution >= 0.6 is 11.3 Å². The molecule has 4 rings (SSSR count). The third-order valence-electron chi connectivity index (χ3n) is 6.71. The van der Waals surface area contributed by atoms with Crippen molar-refractivity contribution in [2.45, 2.75) is 69.9 Å². The molecule has 2 atom stereocenters. The summed E-state index contributed by atoms with van der Waals surface area (Å²) in [5.74, 6) is 0.297. The maximum Gasteiger partial charge on any atom is 0.410 e. The molecular formula is C23H33N5O5S. The molecule has 1 aliphatic heterocycles. The molecular weight excluding hydrogens is 458 g/mol. The van der Waals surface area contributed by atoms with E-state index in [1.807, 2.05) is 26.8 Å². The van der Waals surface area contributed by atoms with Gasteiger partial charge in [-0.3, -0.25) is 14.8 Å². The van der Waals surface area contributed by atoms with Gasteiger partial charge in [-0.2, -0.15) is 5.10 Å². The van der Waals surface area contributed by atoms with E-state index in [-0.39, 0.29) is 23.8 Å². The van der Waals surface area contributed by atoms with Crippen LogP contribution in [-0.2, 0) is 26.1 Å². The number of carbonyl (C=O) groups excluding carboxylic acids is 2. The summed E-state index contributed by atoms with van der Waals surface area (Å²) >= 11 is 1.34. The molecule has 186 valence electrons. The Morgan fingerprint density at radius 1 is 1.29 bits per heavy atom. The van der Waals surface area contributed by atoms with Crippen molar-refractivity contribution in [2.24, 2.45) is 0 Å². The number of methoxy groups -OCH3 is 1. The molecule has 3 heterocycles. The minimum Gasteiger partial charge on any atom is -0.473 e. The van der Waals surface area contributed by atoms with Crippen LogP contribution in [0.3, 0.4) is 0 Å². The molecule has 2 N–H and O–H groups in total. The zero-order chi connectivity index (χ0) is 24.6. The number of ether oxygens (including phenoxy) is 3. The number of anilines is 1. The van der Waals surface area contributed by atoms with Crippen molar-refractivity contribution in [1.82, 2.24) is 20.1 Å². The average molecular weight is 492 g/mol. The van der Waals surface area contributed by atoms with Gasteiger partial charge in [-0.05, 0) is 40.0 Å². The van der Waals surface area contributed by atoms with Gasteiger partial charge in [-0.1, -0.05) is 18.3 Å². The minimum atomic E-state index is -0.583. The van der Waals surface area contributed by atoms with Crippen molar-refractivity contribution in [3.05, 3.63) is 22.8 Å². The number of morpholine rings is 1. The summed E-state index contributed by atoms with van der Waals surface area (Å²) in [6, 6.07) is 1.86. The normalized spacial score (nSPS) is 26.3.